The number of nitrogens with two attached hydrogens (primary N) is 2. The smallest absolute Gasteiger partial charge is 0.327 e. The summed E-state index contributed by atoms with van der Waals surface area (Å²) in [6, 6.07) is 0. The largest absolute Gasteiger partial charge is 0.478 e. The van der Waals surface area contributed by atoms with Gasteiger partial charge in [0.15, 0.2) is 0 Å². The monoisotopic (exact) mass is 164 g/mol. The van der Waals surface area contributed by atoms with Crippen LogP contribution in [0, 0.1) is 9.81 Å². The van der Waals surface area contributed by atoms with E-state index in [0.717, 1.165) is 6.08 Å². The Kier molecular flexibility index (Phi) is 35.6. The van der Waals surface area contributed by atoms with Gasteiger partial charge in [-0.3, -0.25) is 11.7 Å². The predicted molar refractivity (Wildman–Crippen MR) is 37.8 cm³/mol. The number of carboxylic acid groups (broad SMARTS) is 1. The minimum absolute atomic E-state index is 0.833. The molecule has 0 aliphatic heterocycles. The van der Waals surface area contributed by atoms with Gasteiger partial charge in [0.05, 0.1) is 0 Å². The highest BCUT2D eigenvalue weighted by molar-refractivity contribution is 5.78. The molecule has 64 valence electrons. The van der Waals surface area contributed by atoms with Crippen LogP contribution in [0.25, 0.3) is 0 Å². The highest BCUT2D eigenvalue weighted by atomic mass is 16.4. The summed E-state index contributed by atoms with van der Waals surface area (Å²) in [6.45, 7) is 2.96. The van der Waals surface area contributed by atoms with Crippen LogP contribution in [0.15, 0.2) is 23.2 Å². The van der Waals surface area contributed by atoms with E-state index in [9.17, 15) is 4.79 Å². The van der Waals surface area contributed by atoms with E-state index in [-0.39, 0.29) is 0 Å². The van der Waals surface area contributed by atoms with Gasteiger partial charge in [-0.25, -0.2) is 4.79 Å². The van der Waals surface area contributed by atoms with Crippen LogP contribution in [0.3, 0.4) is 0 Å². The molecule has 0 saturated carbocycles. The fourth-order valence-corrected chi connectivity index (χ4v) is 0. The molecule has 11 heavy (non-hydrogen) atoms. The van der Waals surface area contributed by atoms with E-state index in [0.29, 0.717) is 0 Å². The number of nitroso groups, excluding NO2 is 2. The lowest BCUT2D eigenvalue weighted by atomic mass is 10.7. The first-order valence-corrected chi connectivity index (χ1v) is 2.01. The van der Waals surface area contributed by atoms with Crippen LogP contribution in [0.5, 0.6) is 0 Å². The van der Waals surface area contributed by atoms with E-state index >= 15 is 0 Å². The molecule has 0 aromatic carbocycles. The van der Waals surface area contributed by atoms with Gasteiger partial charge in [0, 0.05) is 16.6 Å². The van der Waals surface area contributed by atoms with Crippen molar-refractivity contribution in [2.45, 2.75) is 0 Å². The summed E-state index contributed by atoms with van der Waals surface area (Å²) in [5.41, 5.74) is 0. The van der Waals surface area contributed by atoms with Crippen molar-refractivity contribution in [2.75, 3.05) is 0 Å². The Morgan fingerprint density at radius 1 is 1.36 bits per heavy atom. The summed E-state index contributed by atoms with van der Waals surface area (Å²) in [5.74, 6) is 6.85. The van der Waals surface area contributed by atoms with Crippen molar-refractivity contribution in [1.29, 1.82) is 0 Å². The molecule has 8 heteroatoms. The van der Waals surface area contributed by atoms with Gasteiger partial charge in [0.25, 0.3) is 0 Å². The second-order valence-corrected chi connectivity index (χ2v) is 0.753. The van der Waals surface area contributed by atoms with Crippen LogP contribution in [0.4, 0.5) is 0 Å². The van der Waals surface area contributed by atoms with Gasteiger partial charge in [-0.15, -0.1) is 9.81 Å². The van der Waals surface area contributed by atoms with E-state index in [4.69, 9.17) is 14.9 Å². The van der Waals surface area contributed by atoms with Crippen molar-refractivity contribution in [3.05, 3.63) is 22.5 Å². The molecule has 0 radical (unpaired) electrons. The van der Waals surface area contributed by atoms with E-state index in [1.807, 2.05) is 0 Å². The van der Waals surface area contributed by atoms with E-state index < -0.39 is 5.97 Å². The van der Waals surface area contributed by atoms with Gasteiger partial charge in [-0.1, -0.05) is 6.58 Å². The molecule has 8 nitrogen and oxygen atoms in total. The summed E-state index contributed by atoms with van der Waals surface area (Å²) in [6.07, 6.45) is 0.833. The molecule has 0 amide bonds. The van der Waals surface area contributed by atoms with E-state index in [1.165, 1.54) is 0 Å². The van der Waals surface area contributed by atoms with Crippen molar-refractivity contribution in [2.24, 2.45) is 22.3 Å². The average molecular weight is 164 g/mol. The second kappa shape index (κ2) is 24.5. The first-order valence-electron chi connectivity index (χ1n) is 2.01. The standard InChI is InChI=1S/C3H4O2.2H2N2O/c1-2-3(4)5;2*1-2-3/h2H,1H2,(H,4,5);2*(H2,1,3). The quantitative estimate of drug-likeness (QED) is 0.206. The van der Waals surface area contributed by atoms with Crippen LogP contribution in [0.2, 0.25) is 0 Å². The van der Waals surface area contributed by atoms with Gasteiger partial charge in [0.1, 0.15) is 0 Å². The summed E-state index contributed by atoms with van der Waals surface area (Å²) >= 11 is 0. The summed E-state index contributed by atoms with van der Waals surface area (Å²) in [7, 11) is 0. The maximum Gasteiger partial charge on any atom is 0.327 e. The minimum atomic E-state index is -0.981. The molecule has 0 heterocycles. The molecule has 0 aliphatic rings. The SMILES string of the molecule is C=CC(=O)O.NN=O.NN=O. The molecule has 0 unspecified atom stereocenters. The molecular weight excluding hydrogens is 156 g/mol. The molecule has 0 fully saturated rings. The molecule has 0 saturated heterocycles. The first kappa shape index (κ1) is 16.0. The Bertz CT molecular complexity index is 119. The third-order valence-electron chi connectivity index (χ3n) is 0.175. The summed E-state index contributed by atoms with van der Waals surface area (Å²) < 4.78 is 0. The molecular formula is C3H8N4O4. The minimum Gasteiger partial charge on any atom is -0.478 e. The van der Waals surface area contributed by atoms with Crippen molar-refractivity contribution in [1.82, 2.24) is 0 Å². The van der Waals surface area contributed by atoms with Crippen LogP contribution in [-0.2, 0) is 4.79 Å². The number of hydrogen-bond donors (Lipinski definition) is 3. The Labute approximate surface area is 61.8 Å². The zero-order valence-electron chi connectivity index (χ0n) is 5.51. The Hall–Kier alpha value is -1.99. The second-order valence-electron chi connectivity index (χ2n) is 0.753. The lowest BCUT2D eigenvalue weighted by Gasteiger charge is -1.64. The maximum atomic E-state index is 9.25. The fourth-order valence-electron chi connectivity index (χ4n) is 0. The molecule has 5 N–H and O–H groups in total. The zero-order chi connectivity index (χ0) is 9.70. The fraction of sp³-hybridized carbons (Fsp3) is 0. The van der Waals surface area contributed by atoms with Crippen LogP contribution in [0.1, 0.15) is 0 Å². The molecule has 0 spiro atoms. The van der Waals surface area contributed by atoms with Gasteiger partial charge in [0.2, 0.25) is 0 Å². The third kappa shape index (κ3) is 2890000. The molecule has 0 aromatic rings. The molecule has 0 rings (SSSR count). The zero-order valence-corrected chi connectivity index (χ0v) is 5.51. The molecule has 0 aliphatic carbocycles. The number of carbonyl (C=O) groups is 1. The number of rotatable bonds is 1. The van der Waals surface area contributed by atoms with Crippen molar-refractivity contribution in [3.63, 3.8) is 0 Å². The van der Waals surface area contributed by atoms with E-state index in [2.05, 4.69) is 18.3 Å². The topological polar surface area (TPSA) is 148 Å². The van der Waals surface area contributed by atoms with Crippen LogP contribution >= 0.6 is 0 Å². The van der Waals surface area contributed by atoms with Crippen molar-refractivity contribution in [3.8, 4) is 0 Å². The Morgan fingerprint density at radius 2 is 1.45 bits per heavy atom. The summed E-state index contributed by atoms with van der Waals surface area (Å²) in [4.78, 5) is 25.9. The Morgan fingerprint density at radius 3 is 1.45 bits per heavy atom. The van der Waals surface area contributed by atoms with Crippen molar-refractivity contribution < 1.29 is 9.90 Å². The van der Waals surface area contributed by atoms with Crippen LogP contribution < -0.4 is 11.7 Å². The average Bonchev–Trinajstić information content (AvgIpc) is 1.91. The maximum absolute atomic E-state index is 9.25. The number of carboxylic acids is 1. The lowest BCUT2D eigenvalue weighted by Crippen LogP contribution is -1.82. The summed E-state index contributed by atoms with van der Waals surface area (Å²) in [5, 5.41) is 11.1. The molecule has 0 atom stereocenters. The van der Waals surface area contributed by atoms with Crippen molar-refractivity contribution >= 4 is 5.97 Å². The van der Waals surface area contributed by atoms with Gasteiger partial charge >= 0.3 is 5.97 Å². The predicted octanol–water partition coefficient (Wildman–Crippen LogP) is -0.490. The van der Waals surface area contributed by atoms with Crippen LogP contribution in [-0.4, -0.2) is 11.1 Å². The molecule has 0 aromatic heterocycles. The highest BCUT2D eigenvalue weighted by Gasteiger charge is 1.73. The van der Waals surface area contributed by atoms with Gasteiger partial charge in [-0.05, 0) is 0 Å². The highest BCUT2D eigenvalue weighted by Crippen LogP contribution is 1.54. The van der Waals surface area contributed by atoms with E-state index in [1.54, 1.807) is 10.6 Å². The number of nitrogens with zero attached hydrogens (tertiary/aromatic N) is 2. The first-order chi connectivity index (χ1) is 5.10. The lowest BCUT2D eigenvalue weighted by molar-refractivity contribution is -0.131. The van der Waals surface area contributed by atoms with Gasteiger partial charge < -0.3 is 5.11 Å². The normalized spacial score (nSPS) is 5.09. The third-order valence-corrected chi connectivity index (χ3v) is 0.175. The number of aliphatic carboxylic acids is 1. The Balaban J connectivity index is -0.0000000933. The number of hydrogen-bond acceptors (Lipinski definition) is 5. The van der Waals surface area contributed by atoms with Gasteiger partial charge in [-0.2, -0.15) is 0 Å². The molecule has 0 bridgehead atoms.